The molecule has 5 heteroatoms. The van der Waals surface area contributed by atoms with Crippen molar-refractivity contribution < 1.29 is 13.2 Å². The Morgan fingerprint density at radius 1 is 1.33 bits per heavy atom. The van der Waals surface area contributed by atoms with Crippen LogP contribution < -0.4 is 5.32 Å². The molecular weight excluding hydrogens is 205 g/mol. The highest BCUT2D eigenvalue weighted by atomic mass is 19.2. The second-order valence-electron chi connectivity index (χ2n) is 2.69. The standard InChI is InChI=1S/C10H9F3N2/c1-2-3-4-5-14-10-8(12)6-7(11)9(13)15-10/h6H,4-5H2,1H3,(H,14,15). The SMILES string of the molecule is CC#CCCNc1nc(F)c(F)cc1F. The number of hydrogen-bond donors (Lipinski definition) is 1. The van der Waals surface area contributed by atoms with Crippen LogP contribution in [0, 0.1) is 29.4 Å². The summed E-state index contributed by atoms with van der Waals surface area (Å²) in [7, 11) is 0. The summed E-state index contributed by atoms with van der Waals surface area (Å²) in [5.41, 5.74) is 0. The molecule has 0 aliphatic rings. The summed E-state index contributed by atoms with van der Waals surface area (Å²) in [4.78, 5) is 3.09. The van der Waals surface area contributed by atoms with Gasteiger partial charge >= 0.3 is 0 Å². The number of hydrogen-bond acceptors (Lipinski definition) is 2. The molecule has 0 spiro atoms. The van der Waals surface area contributed by atoms with Gasteiger partial charge in [0.05, 0.1) is 0 Å². The lowest BCUT2D eigenvalue weighted by Gasteiger charge is -2.04. The van der Waals surface area contributed by atoms with Gasteiger partial charge in [0.15, 0.2) is 17.5 Å². The van der Waals surface area contributed by atoms with Crippen molar-refractivity contribution in [1.82, 2.24) is 4.98 Å². The van der Waals surface area contributed by atoms with Crippen LogP contribution in [0.5, 0.6) is 0 Å². The normalized spacial score (nSPS) is 9.33. The van der Waals surface area contributed by atoms with Crippen LogP contribution in [0.15, 0.2) is 6.07 Å². The van der Waals surface area contributed by atoms with Crippen LogP contribution in [0.1, 0.15) is 13.3 Å². The topological polar surface area (TPSA) is 24.9 Å². The van der Waals surface area contributed by atoms with Crippen LogP contribution in [0.2, 0.25) is 0 Å². The van der Waals surface area contributed by atoms with Gasteiger partial charge in [0, 0.05) is 19.0 Å². The van der Waals surface area contributed by atoms with Gasteiger partial charge in [0.25, 0.3) is 5.95 Å². The predicted octanol–water partition coefficient (Wildman–Crippen LogP) is 2.32. The smallest absolute Gasteiger partial charge is 0.251 e. The summed E-state index contributed by atoms with van der Waals surface area (Å²) in [6, 6.07) is 0.455. The van der Waals surface area contributed by atoms with Crippen LogP contribution in [0.4, 0.5) is 19.0 Å². The highest BCUT2D eigenvalue weighted by Gasteiger charge is 2.10. The zero-order valence-electron chi connectivity index (χ0n) is 8.07. The van der Waals surface area contributed by atoms with Gasteiger partial charge in [-0.3, -0.25) is 0 Å². The van der Waals surface area contributed by atoms with E-state index in [4.69, 9.17) is 0 Å². The zero-order valence-corrected chi connectivity index (χ0v) is 8.07. The van der Waals surface area contributed by atoms with Crippen LogP contribution in [0.25, 0.3) is 0 Å². The maximum absolute atomic E-state index is 13.0. The van der Waals surface area contributed by atoms with Gasteiger partial charge in [-0.15, -0.1) is 11.8 Å². The van der Waals surface area contributed by atoms with Gasteiger partial charge in [0.1, 0.15) is 0 Å². The number of nitrogens with one attached hydrogen (secondary N) is 1. The fourth-order valence-corrected chi connectivity index (χ4v) is 0.937. The molecule has 1 heterocycles. The first-order valence-electron chi connectivity index (χ1n) is 4.30. The molecule has 0 atom stereocenters. The Labute approximate surface area is 85.5 Å². The van der Waals surface area contributed by atoms with Crippen molar-refractivity contribution in [3.63, 3.8) is 0 Å². The van der Waals surface area contributed by atoms with Gasteiger partial charge in [-0.1, -0.05) is 0 Å². The molecule has 2 nitrogen and oxygen atoms in total. The summed E-state index contributed by atoms with van der Waals surface area (Å²) in [6.45, 7) is 2.01. The summed E-state index contributed by atoms with van der Waals surface area (Å²) < 4.78 is 38.1. The Kier molecular flexibility index (Phi) is 3.98. The minimum Gasteiger partial charge on any atom is -0.367 e. The summed E-state index contributed by atoms with van der Waals surface area (Å²) >= 11 is 0. The third-order valence-electron chi connectivity index (χ3n) is 1.61. The molecule has 0 radical (unpaired) electrons. The van der Waals surface area contributed by atoms with Crippen molar-refractivity contribution in [2.24, 2.45) is 0 Å². The number of rotatable bonds is 3. The minimum atomic E-state index is -1.32. The lowest BCUT2D eigenvalue weighted by atomic mass is 10.4. The molecule has 1 aromatic heterocycles. The predicted molar refractivity (Wildman–Crippen MR) is 50.7 cm³/mol. The molecule has 0 amide bonds. The molecule has 0 unspecified atom stereocenters. The average Bonchev–Trinajstić information content (AvgIpc) is 2.20. The molecule has 0 aliphatic carbocycles. The van der Waals surface area contributed by atoms with Gasteiger partial charge in [0.2, 0.25) is 0 Å². The number of aromatic nitrogens is 1. The molecule has 0 saturated carbocycles. The fraction of sp³-hybridized carbons (Fsp3) is 0.300. The third kappa shape index (κ3) is 3.17. The molecule has 0 bridgehead atoms. The maximum atomic E-state index is 13.0. The van der Waals surface area contributed by atoms with Gasteiger partial charge in [-0.25, -0.2) is 8.78 Å². The van der Waals surface area contributed by atoms with E-state index in [2.05, 4.69) is 22.1 Å². The number of halogens is 3. The number of anilines is 1. The van der Waals surface area contributed by atoms with Crippen LogP contribution >= 0.6 is 0 Å². The van der Waals surface area contributed by atoms with Crippen molar-refractivity contribution in [2.45, 2.75) is 13.3 Å². The van der Waals surface area contributed by atoms with Crippen LogP contribution in [0.3, 0.4) is 0 Å². The highest BCUT2D eigenvalue weighted by molar-refractivity contribution is 5.36. The van der Waals surface area contributed by atoms with E-state index in [0.29, 0.717) is 19.0 Å². The summed E-state index contributed by atoms with van der Waals surface area (Å²) in [5, 5.41) is 2.52. The van der Waals surface area contributed by atoms with Crippen molar-refractivity contribution in [3.8, 4) is 11.8 Å². The quantitative estimate of drug-likeness (QED) is 0.474. The van der Waals surface area contributed by atoms with Crippen molar-refractivity contribution >= 4 is 5.82 Å². The summed E-state index contributed by atoms with van der Waals surface area (Å²) in [5.74, 6) is 1.55. The Balaban J connectivity index is 2.67. The van der Waals surface area contributed by atoms with Gasteiger partial charge in [-0.05, 0) is 6.92 Å². The van der Waals surface area contributed by atoms with E-state index in [0.717, 1.165) is 0 Å². The Bertz CT molecular complexity index is 407. The van der Waals surface area contributed by atoms with Crippen molar-refractivity contribution in [3.05, 3.63) is 23.6 Å². The van der Waals surface area contributed by atoms with Crippen LogP contribution in [-0.2, 0) is 0 Å². The second-order valence-corrected chi connectivity index (χ2v) is 2.69. The monoisotopic (exact) mass is 214 g/mol. The Morgan fingerprint density at radius 2 is 2.07 bits per heavy atom. The van der Waals surface area contributed by atoms with E-state index < -0.39 is 17.6 Å². The van der Waals surface area contributed by atoms with Gasteiger partial charge < -0.3 is 5.32 Å². The van der Waals surface area contributed by atoms with E-state index in [-0.39, 0.29) is 5.82 Å². The lowest BCUT2D eigenvalue weighted by molar-refractivity contribution is 0.466. The highest BCUT2D eigenvalue weighted by Crippen LogP contribution is 2.13. The Morgan fingerprint density at radius 3 is 2.73 bits per heavy atom. The van der Waals surface area contributed by atoms with Crippen LogP contribution in [-0.4, -0.2) is 11.5 Å². The molecule has 1 aromatic rings. The molecule has 0 saturated heterocycles. The van der Waals surface area contributed by atoms with E-state index in [1.807, 2.05) is 0 Å². The van der Waals surface area contributed by atoms with Crippen molar-refractivity contribution in [2.75, 3.05) is 11.9 Å². The first-order valence-corrected chi connectivity index (χ1v) is 4.30. The first-order chi connectivity index (χ1) is 7.15. The fourth-order valence-electron chi connectivity index (χ4n) is 0.937. The molecule has 0 aliphatic heterocycles. The first kappa shape index (κ1) is 11.4. The molecule has 0 aromatic carbocycles. The lowest BCUT2D eigenvalue weighted by Crippen LogP contribution is -2.07. The molecular formula is C10H9F3N2. The van der Waals surface area contributed by atoms with E-state index in [9.17, 15) is 13.2 Å². The number of pyridine rings is 1. The van der Waals surface area contributed by atoms with Gasteiger partial charge in [-0.2, -0.15) is 9.37 Å². The molecule has 80 valence electrons. The minimum absolute atomic E-state index is 0.299. The van der Waals surface area contributed by atoms with E-state index in [1.54, 1.807) is 6.92 Å². The second kappa shape index (κ2) is 5.25. The average molecular weight is 214 g/mol. The largest absolute Gasteiger partial charge is 0.367 e. The van der Waals surface area contributed by atoms with Crippen molar-refractivity contribution in [1.29, 1.82) is 0 Å². The van der Waals surface area contributed by atoms with E-state index >= 15 is 0 Å². The molecule has 0 fully saturated rings. The molecule has 15 heavy (non-hydrogen) atoms. The Hall–Kier alpha value is -1.70. The number of nitrogens with zero attached hydrogens (tertiary/aromatic N) is 1. The third-order valence-corrected chi connectivity index (χ3v) is 1.61. The van der Waals surface area contributed by atoms with E-state index in [1.165, 1.54) is 0 Å². The molecule has 1 N–H and O–H groups in total. The maximum Gasteiger partial charge on any atom is 0.251 e. The molecule has 1 rings (SSSR count). The zero-order chi connectivity index (χ0) is 11.3. The summed E-state index contributed by atoms with van der Waals surface area (Å²) in [6.07, 6.45) is 0.483.